The molecule has 0 atom stereocenters. The van der Waals surface area contributed by atoms with Crippen LogP contribution in [-0.2, 0) is 16.1 Å². The third-order valence-electron chi connectivity index (χ3n) is 4.46. The molecule has 144 valence electrons. The maximum atomic E-state index is 12.3. The first-order valence-corrected chi connectivity index (χ1v) is 9.19. The van der Waals surface area contributed by atoms with Crippen LogP contribution in [0.2, 0.25) is 0 Å². The summed E-state index contributed by atoms with van der Waals surface area (Å²) in [5.41, 5.74) is 2.89. The van der Waals surface area contributed by atoms with E-state index in [2.05, 4.69) is 19.2 Å². The Morgan fingerprint density at radius 1 is 1.07 bits per heavy atom. The van der Waals surface area contributed by atoms with E-state index in [1.807, 2.05) is 48.5 Å². The van der Waals surface area contributed by atoms with Gasteiger partial charge in [0.05, 0.1) is 7.11 Å². The van der Waals surface area contributed by atoms with Crippen LogP contribution >= 0.6 is 0 Å². The van der Waals surface area contributed by atoms with Crippen LogP contribution in [0.3, 0.4) is 0 Å². The summed E-state index contributed by atoms with van der Waals surface area (Å²) in [4.78, 5) is 26.2. The topological polar surface area (TPSA) is 58.6 Å². The highest BCUT2D eigenvalue weighted by Crippen LogP contribution is 2.27. The van der Waals surface area contributed by atoms with Gasteiger partial charge in [-0.25, -0.2) is 0 Å². The summed E-state index contributed by atoms with van der Waals surface area (Å²) in [6, 6.07) is 15.4. The average Bonchev–Trinajstić information content (AvgIpc) is 2.66. The zero-order chi connectivity index (χ0) is 19.8. The zero-order valence-corrected chi connectivity index (χ0v) is 16.5. The van der Waals surface area contributed by atoms with E-state index in [0.717, 1.165) is 22.6 Å². The number of para-hydroxylation sites is 2. The molecule has 2 rings (SSSR count). The smallest absolute Gasteiger partial charge is 0.223 e. The van der Waals surface area contributed by atoms with Gasteiger partial charge in [-0.15, -0.1) is 0 Å². The Hall–Kier alpha value is -2.82. The lowest BCUT2D eigenvalue weighted by molar-refractivity contribution is -0.121. The molecular formula is C22H28N2O3. The molecule has 5 heteroatoms. The molecule has 0 spiro atoms. The minimum atomic E-state index is -0.103. The Balaban J connectivity index is 2.00. The van der Waals surface area contributed by atoms with Gasteiger partial charge in [0.1, 0.15) is 5.75 Å². The van der Waals surface area contributed by atoms with E-state index in [1.165, 1.54) is 6.92 Å². The Morgan fingerprint density at radius 3 is 2.41 bits per heavy atom. The number of benzene rings is 2. The number of carbonyl (C=O) groups excluding carboxylic acids is 2. The van der Waals surface area contributed by atoms with Gasteiger partial charge in [-0.05, 0) is 23.6 Å². The van der Waals surface area contributed by atoms with Crippen LogP contribution in [-0.4, -0.2) is 25.5 Å². The number of ether oxygens (including phenoxy) is 1. The van der Waals surface area contributed by atoms with Crippen molar-refractivity contribution >= 4 is 17.5 Å². The van der Waals surface area contributed by atoms with Gasteiger partial charge < -0.3 is 15.0 Å². The fourth-order valence-electron chi connectivity index (χ4n) is 3.01. The molecule has 2 amide bonds. The number of nitrogens with one attached hydrogen (secondary N) is 1. The number of nitrogens with zero attached hydrogens (tertiary/aromatic N) is 1. The third kappa shape index (κ3) is 5.58. The summed E-state index contributed by atoms with van der Waals surface area (Å²) in [5, 5.41) is 2.90. The van der Waals surface area contributed by atoms with E-state index >= 15 is 0 Å². The van der Waals surface area contributed by atoms with E-state index in [1.54, 1.807) is 12.0 Å². The van der Waals surface area contributed by atoms with Gasteiger partial charge >= 0.3 is 0 Å². The lowest BCUT2D eigenvalue weighted by Crippen LogP contribution is -2.34. The number of amides is 2. The minimum absolute atomic E-state index is 0.0689. The maximum Gasteiger partial charge on any atom is 0.223 e. The second kappa shape index (κ2) is 9.76. The molecule has 27 heavy (non-hydrogen) atoms. The van der Waals surface area contributed by atoms with Crippen LogP contribution in [0, 0.1) is 0 Å². The van der Waals surface area contributed by atoms with Crippen LogP contribution in [0.25, 0.3) is 0 Å². The summed E-state index contributed by atoms with van der Waals surface area (Å²) >= 11 is 0. The van der Waals surface area contributed by atoms with Gasteiger partial charge in [-0.3, -0.25) is 9.59 Å². The first-order chi connectivity index (χ1) is 12.9. The molecule has 0 aliphatic heterocycles. The SMILES string of the molecule is COc1ccccc1CNC(=O)CCN(C(C)=O)c1ccccc1C(C)C. The lowest BCUT2D eigenvalue weighted by atomic mass is 10.0. The second-order valence-corrected chi connectivity index (χ2v) is 6.72. The van der Waals surface area contributed by atoms with Crippen molar-refractivity contribution in [3.05, 3.63) is 59.7 Å². The van der Waals surface area contributed by atoms with Crippen molar-refractivity contribution < 1.29 is 14.3 Å². The fraction of sp³-hybridized carbons (Fsp3) is 0.364. The van der Waals surface area contributed by atoms with Gasteiger partial charge in [0, 0.05) is 37.7 Å². The van der Waals surface area contributed by atoms with Gasteiger partial charge in [-0.1, -0.05) is 50.2 Å². The molecule has 0 bridgehead atoms. The summed E-state index contributed by atoms with van der Waals surface area (Å²) < 4.78 is 5.30. The maximum absolute atomic E-state index is 12.3. The van der Waals surface area contributed by atoms with E-state index < -0.39 is 0 Å². The Bertz CT molecular complexity index is 787. The molecule has 0 radical (unpaired) electrons. The number of anilines is 1. The van der Waals surface area contributed by atoms with E-state index in [9.17, 15) is 9.59 Å². The van der Waals surface area contributed by atoms with Crippen molar-refractivity contribution in [3.63, 3.8) is 0 Å². The highest BCUT2D eigenvalue weighted by molar-refractivity contribution is 5.93. The Kier molecular flexibility index (Phi) is 7.41. The zero-order valence-electron chi connectivity index (χ0n) is 16.5. The number of carbonyl (C=O) groups is 2. The molecule has 1 N–H and O–H groups in total. The third-order valence-corrected chi connectivity index (χ3v) is 4.46. The van der Waals surface area contributed by atoms with Crippen LogP contribution in [0.5, 0.6) is 5.75 Å². The molecule has 0 aliphatic carbocycles. The van der Waals surface area contributed by atoms with E-state index in [-0.39, 0.29) is 18.2 Å². The summed E-state index contributed by atoms with van der Waals surface area (Å²) in [6.07, 6.45) is 0.237. The summed E-state index contributed by atoms with van der Waals surface area (Å²) in [7, 11) is 1.61. The Morgan fingerprint density at radius 2 is 1.74 bits per heavy atom. The van der Waals surface area contributed by atoms with Crippen molar-refractivity contribution in [2.24, 2.45) is 0 Å². The van der Waals surface area contributed by atoms with Crippen molar-refractivity contribution in [2.75, 3.05) is 18.6 Å². The number of hydrogen-bond acceptors (Lipinski definition) is 3. The molecule has 0 saturated heterocycles. The van der Waals surface area contributed by atoms with Gasteiger partial charge in [0.25, 0.3) is 0 Å². The first-order valence-electron chi connectivity index (χ1n) is 9.19. The van der Waals surface area contributed by atoms with Gasteiger partial charge in [-0.2, -0.15) is 0 Å². The molecule has 0 aliphatic rings. The summed E-state index contributed by atoms with van der Waals surface area (Å²) in [5.74, 6) is 0.867. The molecule has 0 saturated carbocycles. The molecular weight excluding hydrogens is 340 g/mol. The van der Waals surface area contributed by atoms with Gasteiger partial charge in [0.15, 0.2) is 0 Å². The predicted octanol–water partition coefficient (Wildman–Crippen LogP) is 3.88. The highest BCUT2D eigenvalue weighted by Gasteiger charge is 2.18. The fourth-order valence-corrected chi connectivity index (χ4v) is 3.01. The molecule has 2 aromatic rings. The molecule has 0 fully saturated rings. The lowest BCUT2D eigenvalue weighted by Gasteiger charge is -2.25. The molecule has 2 aromatic carbocycles. The predicted molar refractivity (Wildman–Crippen MR) is 108 cm³/mol. The first kappa shape index (κ1) is 20.5. The molecule has 0 heterocycles. The van der Waals surface area contributed by atoms with Crippen molar-refractivity contribution in [1.82, 2.24) is 5.32 Å². The van der Waals surface area contributed by atoms with Crippen LogP contribution in [0.1, 0.15) is 44.2 Å². The van der Waals surface area contributed by atoms with Gasteiger partial charge in [0.2, 0.25) is 11.8 Å². The second-order valence-electron chi connectivity index (χ2n) is 6.72. The molecule has 0 unspecified atom stereocenters. The van der Waals surface area contributed by atoms with Crippen LogP contribution in [0.4, 0.5) is 5.69 Å². The number of rotatable bonds is 8. The molecule has 5 nitrogen and oxygen atoms in total. The van der Waals surface area contributed by atoms with Crippen molar-refractivity contribution in [3.8, 4) is 5.75 Å². The van der Waals surface area contributed by atoms with Crippen LogP contribution in [0.15, 0.2) is 48.5 Å². The highest BCUT2D eigenvalue weighted by atomic mass is 16.5. The molecule has 0 aromatic heterocycles. The quantitative estimate of drug-likeness (QED) is 0.769. The van der Waals surface area contributed by atoms with Crippen molar-refractivity contribution in [1.29, 1.82) is 0 Å². The van der Waals surface area contributed by atoms with E-state index in [0.29, 0.717) is 19.0 Å². The standard InChI is InChI=1S/C22H28N2O3/c1-16(2)19-10-6-7-11-20(19)24(17(3)25)14-13-22(26)23-15-18-9-5-8-12-21(18)27-4/h5-12,16H,13-15H2,1-4H3,(H,23,26). The number of hydrogen-bond donors (Lipinski definition) is 1. The normalized spacial score (nSPS) is 10.6. The Labute approximate surface area is 161 Å². The van der Waals surface area contributed by atoms with Crippen LogP contribution < -0.4 is 15.0 Å². The average molecular weight is 368 g/mol. The minimum Gasteiger partial charge on any atom is -0.496 e. The van der Waals surface area contributed by atoms with Crippen molar-refractivity contribution in [2.45, 2.75) is 39.7 Å². The monoisotopic (exact) mass is 368 g/mol. The largest absolute Gasteiger partial charge is 0.496 e. The number of methoxy groups -OCH3 is 1. The van der Waals surface area contributed by atoms with E-state index in [4.69, 9.17) is 4.74 Å². The summed E-state index contributed by atoms with van der Waals surface area (Å²) in [6.45, 7) is 6.46.